The molecular formula is C17H14BrNS. The Balaban J connectivity index is 2.16. The summed E-state index contributed by atoms with van der Waals surface area (Å²) in [5.41, 5.74) is 4.81. The molecule has 0 atom stereocenters. The van der Waals surface area contributed by atoms with Crippen LogP contribution in [-0.2, 0) is 0 Å². The van der Waals surface area contributed by atoms with Crippen LogP contribution in [-0.4, -0.2) is 0 Å². The molecule has 20 heavy (non-hydrogen) atoms. The Morgan fingerprint density at radius 1 is 1.00 bits per heavy atom. The minimum atomic E-state index is 1.08. The lowest BCUT2D eigenvalue weighted by Crippen LogP contribution is -2.13. The summed E-state index contributed by atoms with van der Waals surface area (Å²) in [6.07, 6.45) is 0. The Bertz CT molecular complexity index is 664. The molecule has 2 aromatic carbocycles. The van der Waals surface area contributed by atoms with Crippen LogP contribution in [0.3, 0.4) is 0 Å². The van der Waals surface area contributed by atoms with Crippen LogP contribution in [0.4, 0.5) is 5.69 Å². The fraction of sp³-hybridized carbons (Fsp3) is 0.118. The number of nitrogens with zero attached hydrogens (tertiary/aromatic N) is 1. The number of benzene rings is 2. The third kappa shape index (κ3) is 2.40. The molecule has 0 N–H and O–H groups in total. The van der Waals surface area contributed by atoms with Gasteiger partial charge in [0.05, 0.1) is 5.69 Å². The predicted octanol–water partition coefficient (Wildman–Crippen LogP) is 5.92. The molecule has 3 heteroatoms. The number of thioether (sulfide) groups is 1. The number of allylic oxidation sites excluding steroid dienone is 2. The molecule has 0 bridgehead atoms. The molecule has 3 rings (SSSR count). The minimum Gasteiger partial charge on any atom is -0.321 e. The van der Waals surface area contributed by atoms with Crippen molar-refractivity contribution in [3.63, 3.8) is 0 Å². The van der Waals surface area contributed by atoms with E-state index in [2.05, 4.69) is 83.0 Å². The van der Waals surface area contributed by atoms with Crippen molar-refractivity contribution in [3.8, 4) is 11.1 Å². The van der Waals surface area contributed by atoms with Crippen molar-refractivity contribution in [1.82, 2.24) is 0 Å². The third-order valence-corrected chi connectivity index (χ3v) is 4.95. The first kappa shape index (κ1) is 13.8. The highest BCUT2D eigenvalue weighted by molar-refractivity contribution is 9.10. The lowest BCUT2D eigenvalue weighted by molar-refractivity contribution is 1.13. The van der Waals surface area contributed by atoms with E-state index in [-0.39, 0.29) is 0 Å². The highest BCUT2D eigenvalue weighted by Crippen LogP contribution is 2.45. The van der Waals surface area contributed by atoms with Gasteiger partial charge in [-0.3, -0.25) is 0 Å². The zero-order chi connectivity index (χ0) is 14.1. The largest absolute Gasteiger partial charge is 0.321 e. The van der Waals surface area contributed by atoms with E-state index in [1.807, 2.05) is 6.07 Å². The summed E-state index contributed by atoms with van der Waals surface area (Å²) in [5, 5.41) is 0. The number of halogens is 1. The second kappa shape index (κ2) is 5.66. The molecule has 0 amide bonds. The van der Waals surface area contributed by atoms with Gasteiger partial charge in [-0.05, 0) is 41.4 Å². The smallest absolute Gasteiger partial charge is 0.169 e. The van der Waals surface area contributed by atoms with Crippen molar-refractivity contribution in [2.24, 2.45) is 0 Å². The maximum Gasteiger partial charge on any atom is 0.169 e. The first-order valence-corrected chi connectivity index (χ1v) is 8.03. The highest BCUT2D eigenvalue weighted by Gasteiger charge is 2.24. The molecule has 2 radical (unpaired) electrons. The SMILES string of the molecule is CC1=C(C)N(c2c(Br)cccc2-c2ccccc2)[C]S1. The third-order valence-electron chi connectivity index (χ3n) is 3.43. The van der Waals surface area contributed by atoms with Crippen LogP contribution in [0.1, 0.15) is 13.8 Å². The number of para-hydroxylation sites is 1. The van der Waals surface area contributed by atoms with Gasteiger partial charge in [-0.25, -0.2) is 0 Å². The summed E-state index contributed by atoms with van der Waals surface area (Å²) < 4.78 is 1.08. The molecular weight excluding hydrogens is 330 g/mol. The van der Waals surface area contributed by atoms with Gasteiger partial charge in [-0.15, -0.1) is 0 Å². The van der Waals surface area contributed by atoms with Crippen LogP contribution in [0, 0.1) is 5.88 Å². The van der Waals surface area contributed by atoms with Gasteiger partial charge in [0.15, 0.2) is 5.88 Å². The Hall–Kier alpha value is -1.19. The fourth-order valence-electron chi connectivity index (χ4n) is 2.22. The van der Waals surface area contributed by atoms with Gasteiger partial charge < -0.3 is 4.90 Å². The van der Waals surface area contributed by atoms with Gasteiger partial charge in [0.2, 0.25) is 0 Å². The molecule has 100 valence electrons. The van der Waals surface area contributed by atoms with E-state index in [0.717, 1.165) is 10.2 Å². The van der Waals surface area contributed by atoms with Crippen LogP contribution >= 0.6 is 27.7 Å². The van der Waals surface area contributed by atoms with Gasteiger partial charge in [0, 0.05) is 20.6 Å². The van der Waals surface area contributed by atoms with Gasteiger partial charge in [-0.1, -0.05) is 54.2 Å². The maximum absolute atomic E-state index is 3.69. The van der Waals surface area contributed by atoms with Gasteiger partial charge >= 0.3 is 0 Å². The molecule has 1 aliphatic heterocycles. The number of anilines is 1. The summed E-state index contributed by atoms with van der Waals surface area (Å²) in [6, 6.07) is 16.8. The predicted molar refractivity (Wildman–Crippen MR) is 91.3 cm³/mol. The topological polar surface area (TPSA) is 3.24 Å². The maximum atomic E-state index is 3.69. The van der Waals surface area contributed by atoms with Crippen molar-refractivity contribution >= 4 is 33.4 Å². The first-order valence-electron chi connectivity index (χ1n) is 6.42. The standard InChI is InChI=1S/C17H14BrNS/c1-12-13(2)20-11-19(12)17-15(9-6-10-16(17)18)14-7-4-3-5-8-14/h3-10H,1-2H3. The van der Waals surface area contributed by atoms with Crippen LogP contribution in [0.25, 0.3) is 11.1 Å². The second-order valence-corrected chi connectivity index (χ2v) is 6.53. The second-order valence-electron chi connectivity index (χ2n) is 4.67. The first-order chi connectivity index (χ1) is 9.68. The molecule has 0 aromatic heterocycles. The van der Waals surface area contributed by atoms with E-state index in [1.165, 1.54) is 21.7 Å². The fourth-order valence-corrected chi connectivity index (χ4v) is 3.46. The van der Waals surface area contributed by atoms with Crippen LogP contribution in [0.15, 0.2) is 63.6 Å². The molecule has 0 fully saturated rings. The molecule has 0 unspecified atom stereocenters. The van der Waals surface area contributed by atoms with E-state index in [1.54, 1.807) is 11.8 Å². The van der Waals surface area contributed by atoms with Crippen molar-refractivity contribution < 1.29 is 0 Å². The van der Waals surface area contributed by atoms with Gasteiger partial charge in [0.25, 0.3) is 0 Å². The average molecular weight is 344 g/mol. The number of hydrogen-bond acceptors (Lipinski definition) is 2. The van der Waals surface area contributed by atoms with E-state index < -0.39 is 0 Å². The molecule has 1 aliphatic rings. The number of hydrogen-bond donors (Lipinski definition) is 0. The summed E-state index contributed by atoms with van der Waals surface area (Å²) in [6.45, 7) is 4.27. The normalized spacial score (nSPS) is 15.1. The molecule has 0 saturated heterocycles. The Morgan fingerprint density at radius 2 is 1.75 bits per heavy atom. The van der Waals surface area contributed by atoms with E-state index in [9.17, 15) is 0 Å². The minimum absolute atomic E-state index is 1.08. The van der Waals surface area contributed by atoms with Gasteiger partial charge in [0.1, 0.15) is 0 Å². The van der Waals surface area contributed by atoms with Gasteiger partial charge in [-0.2, -0.15) is 0 Å². The van der Waals surface area contributed by atoms with Crippen molar-refractivity contribution in [1.29, 1.82) is 0 Å². The zero-order valence-corrected chi connectivity index (χ0v) is 13.8. The molecule has 1 nitrogen and oxygen atoms in total. The molecule has 2 aromatic rings. The molecule has 1 heterocycles. The number of rotatable bonds is 2. The van der Waals surface area contributed by atoms with E-state index in [0.29, 0.717) is 0 Å². The summed E-state index contributed by atoms with van der Waals surface area (Å²) in [7, 11) is 0. The van der Waals surface area contributed by atoms with Crippen molar-refractivity contribution in [3.05, 3.63) is 69.5 Å². The van der Waals surface area contributed by atoms with E-state index >= 15 is 0 Å². The molecule has 0 spiro atoms. The lowest BCUT2D eigenvalue weighted by atomic mass is 10.0. The lowest BCUT2D eigenvalue weighted by Gasteiger charge is -2.23. The summed E-state index contributed by atoms with van der Waals surface area (Å²) in [4.78, 5) is 3.44. The van der Waals surface area contributed by atoms with Crippen LogP contribution in [0.5, 0.6) is 0 Å². The Kier molecular flexibility index (Phi) is 3.90. The Morgan fingerprint density at radius 3 is 2.40 bits per heavy atom. The summed E-state index contributed by atoms with van der Waals surface area (Å²) >= 11 is 5.34. The monoisotopic (exact) mass is 343 g/mol. The quantitative estimate of drug-likeness (QED) is 0.665. The average Bonchev–Trinajstić information content (AvgIpc) is 2.80. The molecule has 0 saturated carbocycles. The van der Waals surface area contributed by atoms with Crippen LogP contribution in [0.2, 0.25) is 0 Å². The summed E-state index contributed by atoms with van der Waals surface area (Å²) in [5.74, 6) is 3.37. The van der Waals surface area contributed by atoms with E-state index in [4.69, 9.17) is 0 Å². The zero-order valence-electron chi connectivity index (χ0n) is 11.4. The van der Waals surface area contributed by atoms with Crippen molar-refractivity contribution in [2.45, 2.75) is 13.8 Å². The molecule has 0 aliphatic carbocycles. The van der Waals surface area contributed by atoms with Crippen molar-refractivity contribution in [2.75, 3.05) is 4.90 Å². The van der Waals surface area contributed by atoms with Crippen LogP contribution < -0.4 is 4.90 Å². The Labute approximate surface area is 132 Å². The highest BCUT2D eigenvalue weighted by atomic mass is 79.9.